The van der Waals surface area contributed by atoms with Gasteiger partial charge in [-0.15, -0.1) is 0 Å². The molecule has 15 heavy (non-hydrogen) atoms. The van der Waals surface area contributed by atoms with E-state index in [1.54, 1.807) is 14.2 Å². The van der Waals surface area contributed by atoms with E-state index < -0.39 is 0 Å². The molecular formula is C12H26O3. The van der Waals surface area contributed by atoms with Gasteiger partial charge in [0.25, 0.3) is 0 Å². The molecule has 0 amide bonds. The Kier molecular flexibility index (Phi) is 8.02. The summed E-state index contributed by atoms with van der Waals surface area (Å²) < 4.78 is 16.1. The van der Waals surface area contributed by atoms with Gasteiger partial charge in [-0.3, -0.25) is 0 Å². The van der Waals surface area contributed by atoms with Crippen molar-refractivity contribution in [2.75, 3.05) is 27.4 Å². The molecule has 0 spiro atoms. The van der Waals surface area contributed by atoms with Crippen molar-refractivity contribution in [3.05, 3.63) is 0 Å². The zero-order valence-electron chi connectivity index (χ0n) is 10.9. The van der Waals surface area contributed by atoms with E-state index in [1.165, 1.54) is 0 Å². The van der Waals surface area contributed by atoms with Crippen molar-refractivity contribution in [2.45, 2.75) is 39.9 Å². The van der Waals surface area contributed by atoms with Crippen LogP contribution < -0.4 is 0 Å². The normalized spacial score (nSPS) is 19.6. The Balaban J connectivity index is 3.60. The maximum absolute atomic E-state index is 5.64. The van der Waals surface area contributed by atoms with Gasteiger partial charge in [0.05, 0.1) is 25.4 Å². The molecule has 3 nitrogen and oxygen atoms in total. The van der Waals surface area contributed by atoms with Crippen LogP contribution in [0.4, 0.5) is 0 Å². The van der Waals surface area contributed by atoms with Gasteiger partial charge in [-0.1, -0.05) is 13.8 Å². The lowest BCUT2D eigenvalue weighted by atomic mass is 10.1. The van der Waals surface area contributed by atoms with Crippen LogP contribution in [0.5, 0.6) is 0 Å². The first-order valence-electron chi connectivity index (χ1n) is 5.66. The van der Waals surface area contributed by atoms with Crippen LogP contribution in [0.3, 0.4) is 0 Å². The quantitative estimate of drug-likeness (QED) is 0.626. The van der Waals surface area contributed by atoms with Crippen molar-refractivity contribution < 1.29 is 14.2 Å². The van der Waals surface area contributed by atoms with E-state index in [0.29, 0.717) is 11.8 Å². The number of methoxy groups -OCH3 is 2. The third-order valence-electron chi connectivity index (χ3n) is 3.11. The number of hydrogen-bond acceptors (Lipinski definition) is 3. The maximum atomic E-state index is 5.64. The van der Waals surface area contributed by atoms with E-state index in [-0.39, 0.29) is 12.2 Å². The van der Waals surface area contributed by atoms with Crippen molar-refractivity contribution in [1.29, 1.82) is 0 Å². The minimum atomic E-state index is 0.250. The summed E-state index contributed by atoms with van der Waals surface area (Å²) in [4.78, 5) is 0. The zero-order chi connectivity index (χ0) is 11.8. The first kappa shape index (κ1) is 14.9. The Morgan fingerprint density at radius 1 is 0.733 bits per heavy atom. The molecule has 0 aliphatic heterocycles. The van der Waals surface area contributed by atoms with Gasteiger partial charge in [0.2, 0.25) is 0 Å². The van der Waals surface area contributed by atoms with Gasteiger partial charge >= 0.3 is 0 Å². The molecule has 0 radical (unpaired) electrons. The molecule has 3 heteroatoms. The second kappa shape index (κ2) is 8.08. The molecule has 0 rings (SSSR count). The fourth-order valence-electron chi connectivity index (χ4n) is 1.18. The van der Waals surface area contributed by atoms with Gasteiger partial charge in [-0.05, 0) is 13.8 Å². The van der Waals surface area contributed by atoms with Crippen molar-refractivity contribution in [1.82, 2.24) is 0 Å². The van der Waals surface area contributed by atoms with E-state index in [2.05, 4.69) is 27.7 Å². The number of ether oxygens (including phenoxy) is 3. The molecule has 4 atom stereocenters. The van der Waals surface area contributed by atoms with Crippen LogP contribution in [-0.2, 0) is 14.2 Å². The third kappa shape index (κ3) is 6.13. The maximum Gasteiger partial charge on any atom is 0.0590 e. The fourth-order valence-corrected chi connectivity index (χ4v) is 1.18. The Morgan fingerprint density at radius 3 is 1.33 bits per heavy atom. The van der Waals surface area contributed by atoms with Crippen LogP contribution in [0, 0.1) is 11.8 Å². The highest BCUT2D eigenvalue weighted by molar-refractivity contribution is 4.62. The summed E-state index contributed by atoms with van der Waals surface area (Å²) >= 11 is 0. The Hall–Kier alpha value is -0.120. The average molecular weight is 218 g/mol. The van der Waals surface area contributed by atoms with E-state index in [1.807, 2.05) is 0 Å². The number of rotatable bonds is 8. The van der Waals surface area contributed by atoms with Crippen molar-refractivity contribution in [3.8, 4) is 0 Å². The lowest BCUT2D eigenvalue weighted by molar-refractivity contribution is -0.0149. The molecular weight excluding hydrogens is 192 g/mol. The fraction of sp³-hybridized carbons (Fsp3) is 1.00. The van der Waals surface area contributed by atoms with E-state index >= 15 is 0 Å². The molecule has 92 valence electrons. The molecule has 0 aliphatic carbocycles. The molecule has 0 aromatic rings. The summed E-state index contributed by atoms with van der Waals surface area (Å²) in [5.74, 6) is 0.861. The van der Waals surface area contributed by atoms with Crippen LogP contribution in [0.2, 0.25) is 0 Å². The molecule has 4 unspecified atom stereocenters. The summed E-state index contributed by atoms with van der Waals surface area (Å²) in [7, 11) is 3.47. The highest BCUT2D eigenvalue weighted by atomic mass is 16.5. The highest BCUT2D eigenvalue weighted by Crippen LogP contribution is 2.10. The van der Waals surface area contributed by atoms with Gasteiger partial charge in [0.15, 0.2) is 0 Å². The van der Waals surface area contributed by atoms with Crippen molar-refractivity contribution >= 4 is 0 Å². The van der Waals surface area contributed by atoms with Gasteiger partial charge in [0, 0.05) is 26.1 Å². The van der Waals surface area contributed by atoms with Gasteiger partial charge in [-0.2, -0.15) is 0 Å². The number of hydrogen-bond donors (Lipinski definition) is 0. The van der Waals surface area contributed by atoms with Crippen LogP contribution in [0.25, 0.3) is 0 Å². The standard InChI is InChI=1S/C12H26O3/c1-9(11(3)13-5)7-15-8-10(2)12(4)14-6/h9-12H,7-8H2,1-6H3. The summed E-state index contributed by atoms with van der Waals surface area (Å²) in [5.41, 5.74) is 0. The van der Waals surface area contributed by atoms with E-state index in [9.17, 15) is 0 Å². The Morgan fingerprint density at radius 2 is 1.07 bits per heavy atom. The average Bonchev–Trinajstić information content (AvgIpc) is 2.26. The van der Waals surface area contributed by atoms with Crippen molar-refractivity contribution in [3.63, 3.8) is 0 Å². The minimum Gasteiger partial charge on any atom is -0.381 e. The van der Waals surface area contributed by atoms with E-state index in [4.69, 9.17) is 14.2 Å². The molecule has 0 saturated heterocycles. The third-order valence-corrected chi connectivity index (χ3v) is 3.11. The van der Waals surface area contributed by atoms with Crippen LogP contribution in [0.15, 0.2) is 0 Å². The summed E-state index contributed by atoms with van der Waals surface area (Å²) in [6.07, 6.45) is 0.500. The van der Waals surface area contributed by atoms with Crippen LogP contribution in [-0.4, -0.2) is 39.6 Å². The smallest absolute Gasteiger partial charge is 0.0590 e. The molecule has 0 fully saturated rings. The summed E-state index contributed by atoms with van der Waals surface area (Å²) in [5, 5.41) is 0. The summed E-state index contributed by atoms with van der Waals surface area (Å²) in [6, 6.07) is 0. The predicted molar refractivity (Wildman–Crippen MR) is 62.1 cm³/mol. The first-order valence-corrected chi connectivity index (χ1v) is 5.66. The highest BCUT2D eigenvalue weighted by Gasteiger charge is 2.14. The zero-order valence-corrected chi connectivity index (χ0v) is 10.9. The second-order valence-electron chi connectivity index (χ2n) is 4.37. The molecule has 0 bridgehead atoms. The molecule has 0 heterocycles. The first-order chi connectivity index (χ1) is 7.02. The molecule has 0 saturated carbocycles. The second-order valence-corrected chi connectivity index (χ2v) is 4.37. The van der Waals surface area contributed by atoms with Gasteiger partial charge < -0.3 is 14.2 Å². The topological polar surface area (TPSA) is 27.7 Å². The predicted octanol–water partition coefficient (Wildman–Crippen LogP) is 2.34. The van der Waals surface area contributed by atoms with Gasteiger partial charge in [-0.25, -0.2) is 0 Å². The minimum absolute atomic E-state index is 0.250. The Labute approximate surface area is 94.1 Å². The molecule has 0 aliphatic rings. The SMILES string of the molecule is COC(C)C(C)COCC(C)C(C)OC. The van der Waals surface area contributed by atoms with E-state index in [0.717, 1.165) is 13.2 Å². The molecule has 0 aromatic heterocycles. The largest absolute Gasteiger partial charge is 0.381 e. The van der Waals surface area contributed by atoms with Gasteiger partial charge in [0.1, 0.15) is 0 Å². The Bertz CT molecular complexity index is 134. The molecule has 0 N–H and O–H groups in total. The lowest BCUT2D eigenvalue weighted by Gasteiger charge is -2.22. The molecule has 0 aromatic carbocycles. The van der Waals surface area contributed by atoms with Crippen LogP contribution >= 0.6 is 0 Å². The monoisotopic (exact) mass is 218 g/mol. The van der Waals surface area contributed by atoms with Crippen molar-refractivity contribution in [2.24, 2.45) is 11.8 Å². The van der Waals surface area contributed by atoms with Crippen LogP contribution in [0.1, 0.15) is 27.7 Å². The summed E-state index contributed by atoms with van der Waals surface area (Å²) in [6.45, 7) is 9.90. The lowest BCUT2D eigenvalue weighted by Crippen LogP contribution is -2.25.